The highest BCUT2D eigenvalue weighted by atomic mass is 19.1. The van der Waals surface area contributed by atoms with Crippen molar-refractivity contribution in [1.82, 2.24) is 4.98 Å². The van der Waals surface area contributed by atoms with Gasteiger partial charge in [-0.1, -0.05) is 30.3 Å². The quantitative estimate of drug-likeness (QED) is 0.711. The highest BCUT2D eigenvalue weighted by Crippen LogP contribution is 2.24. The van der Waals surface area contributed by atoms with Crippen LogP contribution in [-0.4, -0.2) is 4.98 Å². The molecule has 0 saturated heterocycles. The molecule has 0 radical (unpaired) electrons. The Morgan fingerprint density at radius 1 is 0.950 bits per heavy atom. The van der Waals surface area contributed by atoms with Crippen molar-refractivity contribution in [2.45, 2.75) is 13.8 Å². The summed E-state index contributed by atoms with van der Waals surface area (Å²) in [5.74, 6) is -0.309. The Morgan fingerprint density at radius 3 is 2.35 bits per heavy atom. The van der Waals surface area contributed by atoms with Crippen LogP contribution in [0.4, 0.5) is 4.39 Å². The number of pyridine rings is 1. The zero-order valence-electron chi connectivity index (χ0n) is 11.3. The molecule has 100 valence electrons. The van der Waals surface area contributed by atoms with Gasteiger partial charge in [0.15, 0.2) is 5.43 Å². The zero-order chi connectivity index (χ0) is 14.3. The van der Waals surface area contributed by atoms with Gasteiger partial charge in [0.25, 0.3) is 0 Å². The van der Waals surface area contributed by atoms with Crippen molar-refractivity contribution < 1.29 is 4.39 Å². The Morgan fingerprint density at radius 2 is 1.65 bits per heavy atom. The smallest absolute Gasteiger partial charge is 0.192 e. The lowest BCUT2D eigenvalue weighted by Gasteiger charge is -2.10. The van der Waals surface area contributed by atoms with E-state index in [2.05, 4.69) is 4.98 Å². The second-order valence-electron chi connectivity index (χ2n) is 4.92. The van der Waals surface area contributed by atoms with Crippen molar-refractivity contribution in [3.8, 4) is 11.3 Å². The number of hydrogen-bond acceptors (Lipinski definition) is 1. The Balaban J connectivity index is 2.44. The van der Waals surface area contributed by atoms with Gasteiger partial charge in [0.2, 0.25) is 0 Å². The molecule has 0 aliphatic rings. The Hall–Kier alpha value is -2.42. The standard InChI is InChI=1S/C17H14FNO/c1-10-14(18)9-8-13-16(10)19-15(11(2)17(13)20)12-6-4-3-5-7-12/h3-9H,1-2H3,(H,19,20). The molecule has 0 aliphatic heterocycles. The first-order valence-corrected chi connectivity index (χ1v) is 6.46. The minimum absolute atomic E-state index is 0.0549. The van der Waals surface area contributed by atoms with Crippen molar-refractivity contribution in [2.24, 2.45) is 0 Å². The molecule has 1 N–H and O–H groups in total. The van der Waals surface area contributed by atoms with Crippen LogP contribution in [0.15, 0.2) is 47.3 Å². The molecule has 0 amide bonds. The van der Waals surface area contributed by atoms with E-state index in [0.29, 0.717) is 22.0 Å². The number of fused-ring (bicyclic) bond motifs is 1. The third kappa shape index (κ3) is 1.83. The summed E-state index contributed by atoms with van der Waals surface area (Å²) in [5, 5.41) is 0.529. The van der Waals surface area contributed by atoms with Gasteiger partial charge in [0.05, 0.1) is 11.2 Å². The fourth-order valence-electron chi connectivity index (χ4n) is 2.46. The molecule has 0 bridgehead atoms. The minimum atomic E-state index is -0.309. The van der Waals surface area contributed by atoms with E-state index in [0.717, 1.165) is 11.3 Å². The maximum absolute atomic E-state index is 13.7. The first-order chi connectivity index (χ1) is 9.59. The lowest BCUT2D eigenvalue weighted by atomic mass is 10.0. The summed E-state index contributed by atoms with van der Waals surface area (Å²) in [6, 6.07) is 12.5. The predicted octanol–water partition coefficient (Wildman–Crippen LogP) is 3.95. The van der Waals surface area contributed by atoms with Crippen molar-refractivity contribution in [3.05, 3.63) is 69.6 Å². The number of nitrogens with one attached hydrogen (secondary N) is 1. The molecule has 20 heavy (non-hydrogen) atoms. The summed E-state index contributed by atoms with van der Waals surface area (Å²) in [7, 11) is 0. The van der Waals surface area contributed by atoms with Crippen molar-refractivity contribution >= 4 is 10.9 Å². The maximum Gasteiger partial charge on any atom is 0.192 e. The third-order valence-corrected chi connectivity index (χ3v) is 3.67. The fourth-order valence-corrected chi connectivity index (χ4v) is 2.46. The maximum atomic E-state index is 13.7. The topological polar surface area (TPSA) is 32.9 Å². The Bertz CT molecular complexity index is 850. The Kier molecular flexibility index (Phi) is 2.90. The van der Waals surface area contributed by atoms with Crippen LogP contribution in [0.5, 0.6) is 0 Å². The van der Waals surface area contributed by atoms with Crippen molar-refractivity contribution in [1.29, 1.82) is 0 Å². The number of halogens is 1. The average molecular weight is 267 g/mol. The second kappa shape index (κ2) is 4.60. The molecule has 2 nitrogen and oxygen atoms in total. The molecule has 0 spiro atoms. The van der Waals surface area contributed by atoms with Gasteiger partial charge in [-0.05, 0) is 31.5 Å². The number of aromatic amines is 1. The van der Waals surface area contributed by atoms with Gasteiger partial charge < -0.3 is 4.98 Å². The zero-order valence-corrected chi connectivity index (χ0v) is 11.3. The number of hydrogen-bond donors (Lipinski definition) is 1. The van der Waals surface area contributed by atoms with Crippen LogP contribution in [0.2, 0.25) is 0 Å². The summed E-state index contributed by atoms with van der Waals surface area (Å²) >= 11 is 0. The Labute approximate surface area is 115 Å². The predicted molar refractivity (Wildman–Crippen MR) is 79.4 cm³/mol. The van der Waals surface area contributed by atoms with Crippen LogP contribution in [0.25, 0.3) is 22.2 Å². The van der Waals surface area contributed by atoms with E-state index in [4.69, 9.17) is 0 Å². The molecule has 3 aromatic rings. The summed E-state index contributed by atoms with van der Waals surface area (Å²) in [6.45, 7) is 3.47. The van der Waals surface area contributed by atoms with Crippen LogP contribution in [0.3, 0.4) is 0 Å². The lowest BCUT2D eigenvalue weighted by Crippen LogP contribution is -2.10. The molecule has 1 aromatic heterocycles. The van der Waals surface area contributed by atoms with Gasteiger partial charge in [0, 0.05) is 16.5 Å². The first-order valence-electron chi connectivity index (χ1n) is 6.46. The second-order valence-corrected chi connectivity index (χ2v) is 4.92. The number of rotatable bonds is 1. The molecule has 0 atom stereocenters. The molecule has 3 rings (SSSR count). The molecular weight excluding hydrogens is 253 g/mol. The van der Waals surface area contributed by atoms with Gasteiger partial charge in [-0.3, -0.25) is 4.79 Å². The monoisotopic (exact) mass is 267 g/mol. The molecule has 1 heterocycles. The molecule has 3 heteroatoms. The summed E-state index contributed by atoms with van der Waals surface area (Å²) < 4.78 is 13.7. The third-order valence-electron chi connectivity index (χ3n) is 3.67. The van der Waals surface area contributed by atoms with E-state index in [-0.39, 0.29) is 11.2 Å². The van der Waals surface area contributed by atoms with Gasteiger partial charge in [-0.2, -0.15) is 0 Å². The van der Waals surface area contributed by atoms with Crippen molar-refractivity contribution in [2.75, 3.05) is 0 Å². The van der Waals surface area contributed by atoms with E-state index in [1.54, 1.807) is 13.8 Å². The largest absolute Gasteiger partial charge is 0.354 e. The van der Waals surface area contributed by atoms with Gasteiger partial charge in [0.1, 0.15) is 5.82 Å². The average Bonchev–Trinajstić information content (AvgIpc) is 2.47. The van der Waals surface area contributed by atoms with E-state index in [1.807, 2.05) is 30.3 Å². The molecule has 2 aromatic carbocycles. The summed E-state index contributed by atoms with van der Waals surface area (Å²) in [5.41, 5.74) is 3.30. The van der Waals surface area contributed by atoms with Gasteiger partial charge >= 0.3 is 0 Å². The van der Waals surface area contributed by atoms with E-state index in [9.17, 15) is 9.18 Å². The van der Waals surface area contributed by atoms with Gasteiger partial charge in [-0.25, -0.2) is 4.39 Å². The van der Waals surface area contributed by atoms with Crippen LogP contribution < -0.4 is 5.43 Å². The van der Waals surface area contributed by atoms with E-state index < -0.39 is 0 Å². The molecular formula is C17H14FNO. The molecule has 0 fully saturated rings. The van der Waals surface area contributed by atoms with E-state index >= 15 is 0 Å². The molecule has 0 aliphatic carbocycles. The van der Waals surface area contributed by atoms with Crippen molar-refractivity contribution in [3.63, 3.8) is 0 Å². The number of aryl methyl sites for hydroxylation is 1. The van der Waals surface area contributed by atoms with Gasteiger partial charge in [-0.15, -0.1) is 0 Å². The summed E-state index contributed by atoms with van der Waals surface area (Å²) in [4.78, 5) is 15.7. The van der Waals surface area contributed by atoms with Crippen LogP contribution in [0.1, 0.15) is 11.1 Å². The number of aromatic nitrogens is 1. The minimum Gasteiger partial charge on any atom is -0.354 e. The highest BCUT2D eigenvalue weighted by molar-refractivity contribution is 5.85. The van der Waals surface area contributed by atoms with E-state index in [1.165, 1.54) is 12.1 Å². The molecule has 0 saturated carbocycles. The lowest BCUT2D eigenvalue weighted by molar-refractivity contribution is 0.620. The first kappa shape index (κ1) is 12.6. The highest BCUT2D eigenvalue weighted by Gasteiger charge is 2.12. The SMILES string of the molecule is Cc1c(-c2ccccc2)[nH]c2c(C)c(F)ccc2c1=O. The number of benzene rings is 2. The molecule has 0 unspecified atom stereocenters. The van der Waals surface area contributed by atoms with Crippen LogP contribution >= 0.6 is 0 Å². The normalized spacial score (nSPS) is 10.9. The fraction of sp³-hybridized carbons (Fsp3) is 0.118. The van der Waals surface area contributed by atoms with Crippen LogP contribution in [-0.2, 0) is 0 Å². The number of H-pyrrole nitrogens is 1. The summed E-state index contributed by atoms with van der Waals surface area (Å²) in [6.07, 6.45) is 0. The van der Waals surface area contributed by atoms with Crippen LogP contribution in [0, 0.1) is 19.7 Å².